The number of likely N-dealkylation sites (tertiary alicyclic amines) is 1. The van der Waals surface area contributed by atoms with E-state index in [9.17, 15) is 13.2 Å². The molecule has 0 bridgehead atoms. The van der Waals surface area contributed by atoms with Crippen molar-refractivity contribution in [3.05, 3.63) is 20.8 Å². The molecule has 2 heterocycles. The topological polar surface area (TPSA) is 66.5 Å². The van der Waals surface area contributed by atoms with Crippen LogP contribution in [0.3, 0.4) is 0 Å². The van der Waals surface area contributed by atoms with E-state index in [0.29, 0.717) is 30.8 Å². The number of sulfonamides is 1. The number of rotatable bonds is 3. The van der Waals surface area contributed by atoms with Crippen molar-refractivity contribution in [3.63, 3.8) is 0 Å². The second-order valence-corrected chi connectivity index (χ2v) is 8.10. The molecule has 1 aromatic rings. The van der Waals surface area contributed by atoms with Gasteiger partial charge in [-0.3, -0.25) is 4.79 Å². The van der Waals surface area contributed by atoms with Crippen LogP contribution in [0.5, 0.6) is 0 Å². The minimum Gasteiger partial charge on any atom is -0.338 e. The SMILES string of the molecule is CS(=O)(=O)NC1CCN(C(=O)c2sccc2Br)CC1. The van der Waals surface area contributed by atoms with Gasteiger partial charge in [0, 0.05) is 23.6 Å². The Hall–Kier alpha value is -0.440. The van der Waals surface area contributed by atoms with Crippen LogP contribution in [0.2, 0.25) is 0 Å². The highest BCUT2D eigenvalue weighted by Crippen LogP contribution is 2.25. The Kier molecular flexibility index (Phi) is 4.65. The fraction of sp³-hybridized carbons (Fsp3) is 0.545. The number of thiophene rings is 1. The van der Waals surface area contributed by atoms with Gasteiger partial charge in [-0.2, -0.15) is 0 Å². The number of amides is 1. The van der Waals surface area contributed by atoms with Crippen LogP contribution in [0.15, 0.2) is 15.9 Å². The Morgan fingerprint density at radius 1 is 1.47 bits per heavy atom. The van der Waals surface area contributed by atoms with Crippen LogP contribution in [0.1, 0.15) is 22.5 Å². The standard InChI is InChI=1S/C11H15BrN2O3S2/c1-19(16,17)13-8-2-5-14(6-3-8)11(15)10-9(12)4-7-18-10/h4,7-8,13H,2-3,5-6H2,1H3. The van der Waals surface area contributed by atoms with Crippen molar-refractivity contribution < 1.29 is 13.2 Å². The molecule has 106 valence electrons. The molecule has 2 rings (SSSR count). The lowest BCUT2D eigenvalue weighted by molar-refractivity contribution is 0.0715. The van der Waals surface area contributed by atoms with Gasteiger partial charge >= 0.3 is 0 Å². The summed E-state index contributed by atoms with van der Waals surface area (Å²) in [7, 11) is -3.17. The maximum absolute atomic E-state index is 12.2. The zero-order chi connectivity index (χ0) is 14.0. The molecule has 1 N–H and O–H groups in total. The van der Waals surface area contributed by atoms with Gasteiger partial charge in [0.15, 0.2) is 0 Å². The lowest BCUT2D eigenvalue weighted by Crippen LogP contribution is -2.46. The third-order valence-corrected chi connectivity index (χ3v) is 5.56. The molecule has 1 amide bonds. The highest BCUT2D eigenvalue weighted by atomic mass is 79.9. The molecule has 5 nitrogen and oxygen atoms in total. The predicted octanol–water partition coefficient (Wildman–Crippen LogP) is 1.66. The van der Waals surface area contributed by atoms with E-state index in [-0.39, 0.29) is 11.9 Å². The first kappa shape index (κ1) is 15.0. The van der Waals surface area contributed by atoms with Crippen LogP contribution >= 0.6 is 27.3 Å². The lowest BCUT2D eigenvalue weighted by atomic mass is 10.1. The molecule has 0 aromatic carbocycles. The van der Waals surface area contributed by atoms with E-state index in [0.717, 1.165) is 10.7 Å². The average Bonchev–Trinajstić information content (AvgIpc) is 2.73. The second kappa shape index (κ2) is 5.90. The highest BCUT2D eigenvalue weighted by molar-refractivity contribution is 9.10. The van der Waals surface area contributed by atoms with E-state index in [1.807, 2.05) is 11.4 Å². The fourth-order valence-corrected chi connectivity index (χ4v) is 4.44. The van der Waals surface area contributed by atoms with Crippen molar-refractivity contribution >= 4 is 43.2 Å². The first-order chi connectivity index (χ1) is 8.87. The summed E-state index contributed by atoms with van der Waals surface area (Å²) in [6.45, 7) is 1.16. The maximum Gasteiger partial charge on any atom is 0.265 e. The minimum absolute atomic E-state index is 0.0136. The van der Waals surface area contributed by atoms with E-state index in [1.165, 1.54) is 11.3 Å². The van der Waals surface area contributed by atoms with Gasteiger partial charge in [-0.05, 0) is 40.2 Å². The molecule has 19 heavy (non-hydrogen) atoms. The molecule has 1 fully saturated rings. The van der Waals surface area contributed by atoms with E-state index in [1.54, 1.807) is 4.90 Å². The number of nitrogens with one attached hydrogen (secondary N) is 1. The first-order valence-corrected chi connectivity index (χ1v) is 9.43. The van der Waals surface area contributed by atoms with Crippen LogP contribution in [-0.4, -0.2) is 44.6 Å². The van der Waals surface area contributed by atoms with Gasteiger partial charge in [0.2, 0.25) is 10.0 Å². The van der Waals surface area contributed by atoms with E-state index in [2.05, 4.69) is 20.7 Å². The van der Waals surface area contributed by atoms with Crippen LogP contribution in [-0.2, 0) is 10.0 Å². The lowest BCUT2D eigenvalue weighted by Gasteiger charge is -2.31. The molecule has 0 spiro atoms. The molecule has 0 radical (unpaired) electrons. The molecular weight excluding hydrogens is 352 g/mol. The largest absolute Gasteiger partial charge is 0.338 e. The van der Waals surface area contributed by atoms with Gasteiger partial charge < -0.3 is 4.90 Å². The van der Waals surface area contributed by atoms with Crippen LogP contribution in [0, 0.1) is 0 Å². The molecule has 1 aromatic heterocycles. The van der Waals surface area contributed by atoms with Crippen LogP contribution in [0.25, 0.3) is 0 Å². The normalized spacial score (nSPS) is 17.7. The number of hydrogen-bond acceptors (Lipinski definition) is 4. The van der Waals surface area contributed by atoms with Crippen LogP contribution in [0.4, 0.5) is 0 Å². The smallest absolute Gasteiger partial charge is 0.265 e. The molecule has 1 aliphatic heterocycles. The van der Waals surface area contributed by atoms with Crippen molar-refractivity contribution in [2.45, 2.75) is 18.9 Å². The summed E-state index contributed by atoms with van der Waals surface area (Å²) in [5.74, 6) is 0.0136. The third-order valence-electron chi connectivity index (χ3n) is 2.97. The zero-order valence-corrected chi connectivity index (χ0v) is 13.6. The molecule has 1 aliphatic rings. The number of nitrogens with zero attached hydrogens (tertiary/aromatic N) is 1. The highest BCUT2D eigenvalue weighted by Gasteiger charge is 2.26. The summed E-state index contributed by atoms with van der Waals surface area (Å²) in [4.78, 5) is 14.7. The van der Waals surface area contributed by atoms with E-state index in [4.69, 9.17) is 0 Å². The Labute approximate surface area is 125 Å². The average molecular weight is 367 g/mol. The minimum atomic E-state index is -3.17. The summed E-state index contributed by atoms with van der Waals surface area (Å²) >= 11 is 4.77. The molecule has 0 aliphatic carbocycles. The van der Waals surface area contributed by atoms with E-state index < -0.39 is 10.0 Å². The maximum atomic E-state index is 12.2. The summed E-state index contributed by atoms with van der Waals surface area (Å²) in [5.41, 5.74) is 0. The molecular formula is C11H15BrN2O3S2. The fourth-order valence-electron chi connectivity index (χ4n) is 2.09. The van der Waals surface area contributed by atoms with Crippen molar-refractivity contribution in [1.82, 2.24) is 9.62 Å². The molecule has 8 heteroatoms. The summed E-state index contributed by atoms with van der Waals surface area (Å²) < 4.78 is 25.7. The van der Waals surface area contributed by atoms with Crippen molar-refractivity contribution in [3.8, 4) is 0 Å². The van der Waals surface area contributed by atoms with Gasteiger partial charge in [-0.25, -0.2) is 13.1 Å². The number of halogens is 1. The first-order valence-electron chi connectivity index (χ1n) is 5.86. The second-order valence-electron chi connectivity index (χ2n) is 4.55. The Morgan fingerprint density at radius 3 is 2.58 bits per heavy atom. The van der Waals surface area contributed by atoms with Crippen LogP contribution < -0.4 is 4.72 Å². The van der Waals surface area contributed by atoms with Crippen molar-refractivity contribution in [1.29, 1.82) is 0 Å². The van der Waals surface area contributed by atoms with E-state index >= 15 is 0 Å². The molecule has 0 saturated carbocycles. The van der Waals surface area contributed by atoms with Crippen molar-refractivity contribution in [2.75, 3.05) is 19.3 Å². The Balaban J connectivity index is 1.94. The predicted molar refractivity (Wildman–Crippen MR) is 78.9 cm³/mol. The summed E-state index contributed by atoms with van der Waals surface area (Å²) in [6, 6.07) is 1.79. The summed E-state index contributed by atoms with van der Waals surface area (Å²) in [6.07, 6.45) is 2.47. The van der Waals surface area contributed by atoms with Gasteiger partial charge in [-0.15, -0.1) is 11.3 Å². The Morgan fingerprint density at radius 2 is 2.11 bits per heavy atom. The monoisotopic (exact) mass is 366 g/mol. The number of piperidine rings is 1. The Bertz CT molecular complexity index is 562. The third kappa shape index (κ3) is 4.01. The van der Waals surface area contributed by atoms with Gasteiger partial charge in [-0.1, -0.05) is 0 Å². The number of carbonyl (C=O) groups excluding carboxylic acids is 1. The molecule has 1 saturated heterocycles. The quantitative estimate of drug-likeness (QED) is 0.884. The number of hydrogen-bond donors (Lipinski definition) is 1. The summed E-state index contributed by atoms with van der Waals surface area (Å²) in [5, 5.41) is 1.87. The molecule has 0 atom stereocenters. The van der Waals surface area contributed by atoms with Gasteiger partial charge in [0.05, 0.1) is 6.26 Å². The molecule has 0 unspecified atom stereocenters. The number of carbonyl (C=O) groups is 1. The van der Waals surface area contributed by atoms with Gasteiger partial charge in [0.25, 0.3) is 5.91 Å². The van der Waals surface area contributed by atoms with Crippen molar-refractivity contribution in [2.24, 2.45) is 0 Å². The van der Waals surface area contributed by atoms with Gasteiger partial charge in [0.1, 0.15) is 4.88 Å². The zero-order valence-electron chi connectivity index (χ0n) is 10.4.